The molecule has 42 heavy (non-hydrogen) atoms. The van der Waals surface area contributed by atoms with Crippen molar-refractivity contribution in [3.8, 4) is 0 Å². The van der Waals surface area contributed by atoms with Crippen LogP contribution in [-0.4, -0.2) is 58.4 Å². The predicted octanol–water partition coefficient (Wildman–Crippen LogP) is 6.07. The quantitative estimate of drug-likeness (QED) is 0.227. The zero-order valence-corrected chi connectivity index (χ0v) is 24.2. The summed E-state index contributed by atoms with van der Waals surface area (Å²) in [5.74, 6) is -0.142. The number of rotatable bonds is 8. The number of carbonyl (C=O) groups excluding carboxylic acids is 1. The molecule has 0 unspecified atom stereocenters. The second kappa shape index (κ2) is 12.1. The summed E-state index contributed by atoms with van der Waals surface area (Å²) in [5.41, 5.74) is 9.23. The zero-order chi connectivity index (χ0) is 30.0. The Kier molecular flexibility index (Phi) is 8.48. The minimum Gasteiger partial charge on any atom is -0.382 e. The van der Waals surface area contributed by atoms with Crippen molar-refractivity contribution in [2.24, 2.45) is 0 Å². The standard InChI is InChI=1S/C30H32F3N7OS/c1-4-39-9-11-40(12-10-39)15-21-7-8-22(14-24(21)30(31,32)33)38-29(41)20-6-5-18(2)25(13-20)37-19(3)23-16-42-27-26(23)35-17-36-28(27)34/h5-8,13-14,16-17,37H,3-4,9-12,15H2,1-2H3,(H,38,41)(H2,34,35,36). The van der Waals surface area contributed by atoms with Gasteiger partial charge in [0.15, 0.2) is 0 Å². The van der Waals surface area contributed by atoms with Gasteiger partial charge in [0.1, 0.15) is 12.1 Å². The number of benzene rings is 2. The molecule has 220 valence electrons. The minimum atomic E-state index is -4.55. The summed E-state index contributed by atoms with van der Waals surface area (Å²) < 4.78 is 42.9. The number of nitrogens with zero attached hydrogens (tertiary/aromatic N) is 4. The average Bonchev–Trinajstić information content (AvgIpc) is 3.40. The summed E-state index contributed by atoms with van der Waals surface area (Å²) in [6.07, 6.45) is -3.16. The maximum absolute atomic E-state index is 14.0. The molecule has 8 nitrogen and oxygen atoms in total. The third-order valence-electron chi connectivity index (χ3n) is 7.47. The van der Waals surface area contributed by atoms with E-state index in [-0.39, 0.29) is 23.4 Å². The lowest BCUT2D eigenvalue weighted by Gasteiger charge is -2.34. The van der Waals surface area contributed by atoms with E-state index in [9.17, 15) is 18.0 Å². The van der Waals surface area contributed by atoms with Gasteiger partial charge in [-0.15, -0.1) is 11.3 Å². The van der Waals surface area contributed by atoms with Gasteiger partial charge >= 0.3 is 6.18 Å². The summed E-state index contributed by atoms with van der Waals surface area (Å²) in [6.45, 7) is 12.3. The molecule has 2 aromatic carbocycles. The Labute approximate surface area is 246 Å². The molecule has 1 saturated heterocycles. The summed E-state index contributed by atoms with van der Waals surface area (Å²) >= 11 is 1.41. The predicted molar refractivity (Wildman–Crippen MR) is 162 cm³/mol. The second-order valence-corrected chi connectivity index (χ2v) is 11.1. The maximum atomic E-state index is 14.0. The highest BCUT2D eigenvalue weighted by Gasteiger charge is 2.34. The van der Waals surface area contributed by atoms with E-state index >= 15 is 0 Å². The van der Waals surface area contributed by atoms with Gasteiger partial charge in [0.25, 0.3) is 5.91 Å². The first-order valence-corrected chi connectivity index (χ1v) is 14.4. The largest absolute Gasteiger partial charge is 0.416 e. The summed E-state index contributed by atoms with van der Waals surface area (Å²) in [6, 6.07) is 9.02. The Hall–Kier alpha value is -4.00. The van der Waals surface area contributed by atoms with Gasteiger partial charge in [-0.3, -0.25) is 9.69 Å². The maximum Gasteiger partial charge on any atom is 0.416 e. The number of nitrogen functional groups attached to an aromatic ring is 1. The van der Waals surface area contributed by atoms with Crippen LogP contribution in [0.1, 0.15) is 39.5 Å². The van der Waals surface area contributed by atoms with Crippen LogP contribution in [0, 0.1) is 6.92 Å². The van der Waals surface area contributed by atoms with Gasteiger partial charge in [-0.1, -0.05) is 25.6 Å². The molecule has 0 atom stereocenters. The van der Waals surface area contributed by atoms with Gasteiger partial charge in [0.2, 0.25) is 0 Å². The van der Waals surface area contributed by atoms with Gasteiger partial charge in [0.05, 0.1) is 15.8 Å². The van der Waals surface area contributed by atoms with Gasteiger partial charge in [-0.2, -0.15) is 13.2 Å². The highest BCUT2D eigenvalue weighted by molar-refractivity contribution is 7.18. The van der Waals surface area contributed by atoms with Gasteiger partial charge in [0, 0.05) is 66.3 Å². The van der Waals surface area contributed by atoms with E-state index in [1.54, 1.807) is 18.2 Å². The van der Waals surface area contributed by atoms with E-state index < -0.39 is 17.6 Å². The number of hydrogen-bond donors (Lipinski definition) is 3. The van der Waals surface area contributed by atoms with Crippen molar-refractivity contribution in [1.29, 1.82) is 0 Å². The summed E-state index contributed by atoms with van der Waals surface area (Å²) in [4.78, 5) is 25.8. The van der Waals surface area contributed by atoms with Crippen molar-refractivity contribution in [1.82, 2.24) is 19.8 Å². The molecule has 0 bridgehead atoms. The fourth-order valence-corrected chi connectivity index (χ4v) is 5.91. The van der Waals surface area contributed by atoms with Crippen LogP contribution in [0.25, 0.3) is 15.9 Å². The number of aryl methyl sites for hydroxylation is 1. The van der Waals surface area contributed by atoms with E-state index in [0.29, 0.717) is 35.8 Å². The Balaban J connectivity index is 1.31. The molecule has 3 heterocycles. The third kappa shape index (κ3) is 6.40. The molecule has 12 heteroatoms. The van der Waals surface area contributed by atoms with E-state index in [1.807, 2.05) is 17.2 Å². The van der Waals surface area contributed by atoms with Crippen LogP contribution in [0.4, 0.5) is 30.4 Å². The minimum absolute atomic E-state index is 0.0772. The number of nitrogens with one attached hydrogen (secondary N) is 2. The number of halogens is 3. The lowest BCUT2D eigenvalue weighted by atomic mass is 10.0. The molecule has 0 saturated carbocycles. The third-order valence-corrected chi connectivity index (χ3v) is 8.46. The van der Waals surface area contributed by atoms with Crippen LogP contribution in [0.3, 0.4) is 0 Å². The number of fused-ring (bicyclic) bond motifs is 1. The van der Waals surface area contributed by atoms with Gasteiger partial charge < -0.3 is 21.3 Å². The molecule has 1 aliphatic heterocycles. The molecule has 1 aliphatic rings. The van der Waals surface area contributed by atoms with E-state index in [1.165, 1.54) is 29.8 Å². The van der Waals surface area contributed by atoms with Crippen molar-refractivity contribution in [3.05, 3.63) is 82.5 Å². The smallest absolute Gasteiger partial charge is 0.382 e. The van der Waals surface area contributed by atoms with Crippen LogP contribution in [0.15, 0.2) is 54.7 Å². The monoisotopic (exact) mass is 595 g/mol. The van der Waals surface area contributed by atoms with Crippen LogP contribution in [0.2, 0.25) is 0 Å². The number of carbonyl (C=O) groups is 1. The number of piperazine rings is 1. The van der Waals surface area contributed by atoms with Crippen LogP contribution in [-0.2, 0) is 12.7 Å². The van der Waals surface area contributed by atoms with Crippen molar-refractivity contribution < 1.29 is 18.0 Å². The van der Waals surface area contributed by atoms with Crippen LogP contribution in [0.5, 0.6) is 0 Å². The molecule has 0 aliphatic carbocycles. The fourth-order valence-electron chi connectivity index (χ4n) is 4.97. The van der Waals surface area contributed by atoms with E-state index in [2.05, 4.69) is 39.0 Å². The normalized spacial score (nSPS) is 14.7. The Morgan fingerprint density at radius 3 is 2.52 bits per heavy atom. The Morgan fingerprint density at radius 2 is 1.81 bits per heavy atom. The van der Waals surface area contributed by atoms with Crippen molar-refractivity contribution in [2.45, 2.75) is 26.6 Å². The zero-order valence-electron chi connectivity index (χ0n) is 23.4. The first-order chi connectivity index (χ1) is 20.0. The highest BCUT2D eigenvalue weighted by Crippen LogP contribution is 2.35. The first kappa shape index (κ1) is 29.5. The van der Waals surface area contributed by atoms with Crippen molar-refractivity contribution in [2.75, 3.05) is 49.1 Å². The van der Waals surface area contributed by atoms with E-state index in [0.717, 1.165) is 41.5 Å². The molecular formula is C30H32F3N7OS. The van der Waals surface area contributed by atoms with Gasteiger partial charge in [-0.25, -0.2) is 9.97 Å². The van der Waals surface area contributed by atoms with E-state index in [4.69, 9.17) is 5.73 Å². The van der Waals surface area contributed by atoms with Crippen molar-refractivity contribution >= 4 is 50.4 Å². The van der Waals surface area contributed by atoms with Gasteiger partial charge in [-0.05, 0) is 48.9 Å². The summed E-state index contributed by atoms with van der Waals surface area (Å²) in [5, 5.41) is 7.75. The SMILES string of the molecule is C=C(Nc1cc(C(=O)Nc2ccc(CN3CCN(CC)CC3)c(C(F)(F)F)c2)ccc1C)c1csc2c(N)ncnc12. The lowest BCUT2D eigenvalue weighted by Crippen LogP contribution is -2.45. The molecule has 0 radical (unpaired) electrons. The molecular weight excluding hydrogens is 563 g/mol. The number of anilines is 3. The number of nitrogens with two attached hydrogens (primary N) is 1. The molecule has 2 aromatic heterocycles. The fraction of sp³-hybridized carbons (Fsp3) is 0.300. The molecule has 1 fully saturated rings. The highest BCUT2D eigenvalue weighted by atomic mass is 32.1. The number of alkyl halides is 3. The average molecular weight is 596 g/mol. The lowest BCUT2D eigenvalue weighted by molar-refractivity contribution is -0.138. The first-order valence-electron chi connectivity index (χ1n) is 13.5. The molecule has 0 spiro atoms. The number of amides is 1. The number of thiophene rings is 1. The second-order valence-electron chi connectivity index (χ2n) is 10.3. The van der Waals surface area contributed by atoms with Crippen molar-refractivity contribution in [3.63, 3.8) is 0 Å². The summed E-state index contributed by atoms with van der Waals surface area (Å²) in [7, 11) is 0. The Bertz CT molecular complexity index is 1630. The molecule has 5 rings (SSSR count). The number of aromatic nitrogens is 2. The number of hydrogen-bond acceptors (Lipinski definition) is 8. The van der Waals surface area contributed by atoms with Crippen LogP contribution >= 0.6 is 11.3 Å². The topological polar surface area (TPSA) is 99.4 Å². The molecule has 4 aromatic rings. The van der Waals surface area contributed by atoms with Crippen LogP contribution < -0.4 is 16.4 Å². The molecule has 4 N–H and O–H groups in total. The molecule has 1 amide bonds. The number of likely N-dealkylation sites (N-methyl/N-ethyl adjacent to an activating group) is 1. The Morgan fingerprint density at radius 1 is 1.07 bits per heavy atom.